The molecule has 2 rings (SSSR count). The number of hydrogen-bond acceptors (Lipinski definition) is 3. The van der Waals surface area contributed by atoms with Crippen molar-refractivity contribution in [1.82, 2.24) is 0 Å². The average Bonchev–Trinajstić information content (AvgIpc) is 2.65. The third kappa shape index (κ3) is 2.51. The number of aryl methyl sites for hydroxylation is 3. The van der Waals surface area contributed by atoms with Gasteiger partial charge >= 0.3 is 0 Å². The molecule has 0 radical (unpaired) electrons. The molecule has 2 atom stereocenters. The monoisotopic (exact) mass is 262 g/mol. The van der Waals surface area contributed by atoms with Crippen LogP contribution in [0.5, 0.6) is 0 Å². The summed E-state index contributed by atoms with van der Waals surface area (Å²) in [5.74, 6) is -0.0625. The quantitative estimate of drug-likeness (QED) is 0.855. The fourth-order valence-electron chi connectivity index (χ4n) is 2.56. The second-order valence-electron chi connectivity index (χ2n) is 5.77. The van der Waals surface area contributed by atoms with Crippen molar-refractivity contribution in [2.75, 3.05) is 18.5 Å². The molecule has 0 spiro atoms. The normalized spacial score (nSPS) is 26.5. The predicted molar refractivity (Wildman–Crippen MR) is 76.2 cm³/mol. The summed E-state index contributed by atoms with van der Waals surface area (Å²) in [5.41, 5.74) is 9.56. The molecule has 1 heterocycles. The van der Waals surface area contributed by atoms with Gasteiger partial charge in [0, 0.05) is 11.7 Å². The molecule has 0 bridgehead atoms. The van der Waals surface area contributed by atoms with Crippen LogP contribution in [-0.4, -0.2) is 25.2 Å². The van der Waals surface area contributed by atoms with Gasteiger partial charge in [0.2, 0.25) is 5.91 Å². The Labute approximate surface area is 114 Å². The van der Waals surface area contributed by atoms with Crippen molar-refractivity contribution in [1.29, 1.82) is 0 Å². The van der Waals surface area contributed by atoms with Gasteiger partial charge in [0.1, 0.15) is 0 Å². The van der Waals surface area contributed by atoms with Gasteiger partial charge in [-0.3, -0.25) is 4.79 Å². The van der Waals surface area contributed by atoms with Crippen LogP contribution in [0.25, 0.3) is 0 Å². The van der Waals surface area contributed by atoms with E-state index in [2.05, 4.69) is 17.4 Å². The number of carbonyl (C=O) groups excluding carboxylic acids is 1. The van der Waals surface area contributed by atoms with Gasteiger partial charge in [0.15, 0.2) is 0 Å². The Kier molecular flexibility index (Phi) is 3.65. The van der Waals surface area contributed by atoms with Gasteiger partial charge in [-0.2, -0.15) is 0 Å². The summed E-state index contributed by atoms with van der Waals surface area (Å²) in [6.45, 7) is 8.73. The standard InChI is InChI=1S/C15H22N2O2/c1-9-5-10(2)13(11(3)6-9)17-14(18)15(4)8-19-7-12(15)16/h5-6,12H,7-8,16H2,1-4H3,(H,17,18). The molecule has 4 nitrogen and oxygen atoms in total. The smallest absolute Gasteiger partial charge is 0.234 e. The molecule has 3 N–H and O–H groups in total. The summed E-state index contributed by atoms with van der Waals surface area (Å²) in [4.78, 5) is 12.5. The Morgan fingerprint density at radius 3 is 2.42 bits per heavy atom. The highest BCUT2D eigenvalue weighted by atomic mass is 16.5. The number of ether oxygens (including phenoxy) is 1. The maximum absolute atomic E-state index is 12.5. The summed E-state index contributed by atoms with van der Waals surface area (Å²) < 4.78 is 5.32. The molecule has 1 aliphatic heterocycles. The van der Waals surface area contributed by atoms with Crippen LogP contribution in [0.15, 0.2) is 12.1 Å². The fourth-order valence-corrected chi connectivity index (χ4v) is 2.56. The molecule has 0 aliphatic carbocycles. The van der Waals surface area contributed by atoms with Gasteiger partial charge in [-0.25, -0.2) is 0 Å². The van der Waals surface area contributed by atoms with Crippen LogP contribution in [0.1, 0.15) is 23.6 Å². The van der Waals surface area contributed by atoms with E-state index in [1.807, 2.05) is 27.7 Å². The van der Waals surface area contributed by atoms with E-state index >= 15 is 0 Å². The zero-order chi connectivity index (χ0) is 14.2. The lowest BCUT2D eigenvalue weighted by atomic mass is 9.84. The molecule has 1 fully saturated rings. The highest BCUT2D eigenvalue weighted by Crippen LogP contribution is 2.30. The van der Waals surface area contributed by atoms with Crippen LogP contribution in [-0.2, 0) is 9.53 Å². The number of benzene rings is 1. The second kappa shape index (κ2) is 4.94. The van der Waals surface area contributed by atoms with E-state index in [4.69, 9.17) is 10.5 Å². The Balaban J connectivity index is 2.25. The number of nitrogens with one attached hydrogen (secondary N) is 1. The Morgan fingerprint density at radius 2 is 1.95 bits per heavy atom. The van der Waals surface area contributed by atoms with Crippen LogP contribution in [0.2, 0.25) is 0 Å². The van der Waals surface area contributed by atoms with Crippen LogP contribution in [0.3, 0.4) is 0 Å². The van der Waals surface area contributed by atoms with E-state index in [0.29, 0.717) is 13.2 Å². The van der Waals surface area contributed by atoms with Crippen LogP contribution in [0.4, 0.5) is 5.69 Å². The van der Waals surface area contributed by atoms with Gasteiger partial charge in [-0.05, 0) is 38.8 Å². The summed E-state index contributed by atoms with van der Waals surface area (Å²) in [6, 6.07) is 3.88. The van der Waals surface area contributed by atoms with E-state index in [0.717, 1.165) is 16.8 Å². The van der Waals surface area contributed by atoms with E-state index in [1.54, 1.807) is 0 Å². The number of amides is 1. The van der Waals surface area contributed by atoms with Gasteiger partial charge in [0.25, 0.3) is 0 Å². The molecule has 4 heteroatoms. The first-order valence-corrected chi connectivity index (χ1v) is 6.57. The minimum atomic E-state index is -0.649. The SMILES string of the molecule is Cc1cc(C)c(NC(=O)C2(C)COCC2N)c(C)c1. The lowest BCUT2D eigenvalue weighted by Crippen LogP contribution is -2.47. The highest BCUT2D eigenvalue weighted by Gasteiger charge is 2.44. The maximum atomic E-state index is 12.5. The predicted octanol–water partition coefficient (Wildman–Crippen LogP) is 1.91. The van der Waals surface area contributed by atoms with Crippen LogP contribution < -0.4 is 11.1 Å². The third-order valence-corrected chi connectivity index (χ3v) is 3.95. The zero-order valence-electron chi connectivity index (χ0n) is 12.0. The molecule has 104 valence electrons. The minimum Gasteiger partial charge on any atom is -0.379 e. The minimum absolute atomic E-state index is 0.0625. The van der Waals surface area contributed by atoms with Crippen molar-refractivity contribution in [2.45, 2.75) is 33.7 Å². The lowest BCUT2D eigenvalue weighted by Gasteiger charge is -2.26. The van der Waals surface area contributed by atoms with Gasteiger partial charge in [0.05, 0.1) is 18.6 Å². The molecule has 2 unspecified atom stereocenters. The largest absolute Gasteiger partial charge is 0.379 e. The molecule has 0 aromatic heterocycles. The van der Waals surface area contributed by atoms with Crippen molar-refractivity contribution in [3.8, 4) is 0 Å². The number of hydrogen-bond donors (Lipinski definition) is 2. The molecule has 1 aromatic carbocycles. The second-order valence-corrected chi connectivity index (χ2v) is 5.77. The van der Waals surface area contributed by atoms with E-state index in [1.165, 1.54) is 5.56 Å². The first-order valence-electron chi connectivity index (χ1n) is 6.57. The Bertz CT molecular complexity index is 490. The van der Waals surface area contributed by atoms with Crippen LogP contribution >= 0.6 is 0 Å². The van der Waals surface area contributed by atoms with Gasteiger partial charge in [-0.15, -0.1) is 0 Å². The Morgan fingerprint density at radius 1 is 1.37 bits per heavy atom. The molecule has 0 saturated carbocycles. The number of anilines is 1. The van der Waals surface area contributed by atoms with E-state index in [9.17, 15) is 4.79 Å². The van der Waals surface area contributed by atoms with Gasteiger partial charge in [-0.1, -0.05) is 17.7 Å². The molecular weight excluding hydrogens is 240 g/mol. The van der Waals surface area contributed by atoms with Crippen molar-refractivity contribution in [2.24, 2.45) is 11.1 Å². The van der Waals surface area contributed by atoms with E-state index in [-0.39, 0.29) is 11.9 Å². The third-order valence-electron chi connectivity index (χ3n) is 3.95. The summed E-state index contributed by atoms with van der Waals surface area (Å²) in [7, 11) is 0. The lowest BCUT2D eigenvalue weighted by molar-refractivity contribution is -0.125. The summed E-state index contributed by atoms with van der Waals surface area (Å²) >= 11 is 0. The van der Waals surface area contributed by atoms with Crippen molar-refractivity contribution >= 4 is 11.6 Å². The maximum Gasteiger partial charge on any atom is 0.234 e. The fraction of sp³-hybridized carbons (Fsp3) is 0.533. The van der Waals surface area contributed by atoms with Crippen molar-refractivity contribution in [3.05, 3.63) is 28.8 Å². The van der Waals surface area contributed by atoms with E-state index < -0.39 is 5.41 Å². The first kappa shape index (κ1) is 14.0. The average molecular weight is 262 g/mol. The number of nitrogens with two attached hydrogens (primary N) is 1. The molecule has 1 saturated heterocycles. The molecular formula is C15H22N2O2. The van der Waals surface area contributed by atoms with Crippen molar-refractivity contribution < 1.29 is 9.53 Å². The van der Waals surface area contributed by atoms with Crippen LogP contribution in [0, 0.1) is 26.2 Å². The highest BCUT2D eigenvalue weighted by molar-refractivity contribution is 5.97. The molecule has 1 amide bonds. The zero-order valence-corrected chi connectivity index (χ0v) is 12.0. The topological polar surface area (TPSA) is 64.3 Å². The molecule has 19 heavy (non-hydrogen) atoms. The van der Waals surface area contributed by atoms with Crippen molar-refractivity contribution in [3.63, 3.8) is 0 Å². The summed E-state index contributed by atoms with van der Waals surface area (Å²) in [5, 5.41) is 3.02. The van der Waals surface area contributed by atoms with Gasteiger partial charge < -0.3 is 15.8 Å². The number of rotatable bonds is 2. The number of carbonyl (C=O) groups is 1. The molecule has 1 aromatic rings. The Hall–Kier alpha value is -1.39. The molecule has 1 aliphatic rings. The first-order chi connectivity index (χ1) is 8.84. The summed E-state index contributed by atoms with van der Waals surface area (Å²) in [6.07, 6.45) is 0.